The van der Waals surface area contributed by atoms with Crippen molar-refractivity contribution >= 4 is 21.6 Å². The molecule has 0 saturated carbocycles. The largest absolute Gasteiger partial charge is 0.392 e. The van der Waals surface area contributed by atoms with Gasteiger partial charge in [-0.25, -0.2) is 13.1 Å². The first-order chi connectivity index (χ1) is 7.34. The summed E-state index contributed by atoms with van der Waals surface area (Å²) in [5.41, 5.74) is 0.502. The summed E-state index contributed by atoms with van der Waals surface area (Å²) in [5, 5.41) is 9.44. The first kappa shape index (κ1) is 13.4. The number of aliphatic hydroxyl groups is 1. The van der Waals surface area contributed by atoms with Crippen molar-refractivity contribution in [2.75, 3.05) is 6.54 Å². The summed E-state index contributed by atoms with van der Waals surface area (Å²) < 4.78 is 26.0. The van der Waals surface area contributed by atoms with Crippen LogP contribution in [0.4, 0.5) is 0 Å². The maximum atomic E-state index is 11.8. The minimum absolute atomic E-state index is 0.0196. The van der Waals surface area contributed by atoms with Gasteiger partial charge in [0.05, 0.1) is 11.0 Å². The molecule has 4 nitrogen and oxygen atoms in total. The van der Waals surface area contributed by atoms with Crippen molar-refractivity contribution in [3.05, 3.63) is 28.8 Å². The lowest BCUT2D eigenvalue weighted by Crippen LogP contribution is -2.31. The van der Waals surface area contributed by atoms with Crippen molar-refractivity contribution in [3.63, 3.8) is 0 Å². The Labute approximate surface area is 100 Å². The molecule has 6 heteroatoms. The van der Waals surface area contributed by atoms with E-state index in [9.17, 15) is 8.42 Å². The minimum Gasteiger partial charge on any atom is -0.392 e. The molecular weight excluding hydrogens is 250 g/mol. The number of aliphatic hydroxyl groups excluding tert-OH is 1. The van der Waals surface area contributed by atoms with Crippen molar-refractivity contribution in [2.45, 2.75) is 24.8 Å². The van der Waals surface area contributed by atoms with E-state index in [0.717, 1.165) is 0 Å². The Hall–Kier alpha value is -0.620. The lowest BCUT2D eigenvalue weighted by atomic mass is 10.2. The van der Waals surface area contributed by atoms with Crippen molar-refractivity contribution in [1.29, 1.82) is 0 Å². The van der Waals surface area contributed by atoms with Crippen LogP contribution in [0, 0.1) is 6.92 Å². The van der Waals surface area contributed by atoms with Crippen LogP contribution in [0.25, 0.3) is 0 Å². The fourth-order valence-electron chi connectivity index (χ4n) is 1.19. The van der Waals surface area contributed by atoms with Crippen LogP contribution in [-0.4, -0.2) is 26.2 Å². The highest BCUT2D eigenvalue weighted by Crippen LogP contribution is 2.22. The average molecular weight is 264 g/mol. The van der Waals surface area contributed by atoms with Crippen LogP contribution in [-0.2, 0) is 10.0 Å². The van der Waals surface area contributed by atoms with Gasteiger partial charge >= 0.3 is 0 Å². The van der Waals surface area contributed by atoms with E-state index in [1.165, 1.54) is 13.0 Å². The van der Waals surface area contributed by atoms with Crippen molar-refractivity contribution in [3.8, 4) is 0 Å². The summed E-state index contributed by atoms with van der Waals surface area (Å²) in [7, 11) is -3.60. The van der Waals surface area contributed by atoms with Gasteiger partial charge < -0.3 is 5.11 Å². The summed E-state index contributed by atoms with van der Waals surface area (Å²) in [6, 6.07) is 4.68. The molecule has 1 atom stereocenters. The van der Waals surface area contributed by atoms with Gasteiger partial charge in [-0.15, -0.1) is 0 Å². The Morgan fingerprint density at radius 2 is 2.12 bits per heavy atom. The van der Waals surface area contributed by atoms with E-state index in [4.69, 9.17) is 16.7 Å². The Kier molecular flexibility index (Phi) is 4.32. The zero-order valence-electron chi connectivity index (χ0n) is 9.07. The van der Waals surface area contributed by atoms with Crippen LogP contribution in [0.3, 0.4) is 0 Å². The van der Waals surface area contributed by atoms with E-state index in [-0.39, 0.29) is 11.4 Å². The number of benzene rings is 1. The molecule has 0 bridgehead atoms. The van der Waals surface area contributed by atoms with Crippen LogP contribution in [0.1, 0.15) is 12.5 Å². The quantitative estimate of drug-likeness (QED) is 0.861. The Balaban J connectivity index is 3.03. The van der Waals surface area contributed by atoms with Crippen molar-refractivity contribution < 1.29 is 13.5 Å². The molecule has 0 unspecified atom stereocenters. The summed E-state index contributed by atoms with van der Waals surface area (Å²) >= 11 is 5.84. The molecule has 1 aromatic carbocycles. The van der Waals surface area contributed by atoms with Crippen LogP contribution in [0.15, 0.2) is 23.1 Å². The molecule has 0 aliphatic rings. The first-order valence-electron chi connectivity index (χ1n) is 4.77. The van der Waals surface area contributed by atoms with E-state index in [1.54, 1.807) is 19.1 Å². The van der Waals surface area contributed by atoms with Gasteiger partial charge in [0, 0.05) is 11.6 Å². The van der Waals surface area contributed by atoms with Crippen LogP contribution in [0.5, 0.6) is 0 Å². The Morgan fingerprint density at radius 1 is 1.50 bits per heavy atom. The molecule has 0 amide bonds. The number of rotatable bonds is 4. The molecule has 1 rings (SSSR count). The smallest absolute Gasteiger partial charge is 0.240 e. The van der Waals surface area contributed by atoms with Gasteiger partial charge in [-0.1, -0.05) is 17.7 Å². The molecule has 1 aromatic rings. The first-order valence-corrected chi connectivity index (χ1v) is 6.63. The molecule has 16 heavy (non-hydrogen) atoms. The average Bonchev–Trinajstić information content (AvgIpc) is 2.19. The van der Waals surface area contributed by atoms with Gasteiger partial charge in [0.15, 0.2) is 0 Å². The summed E-state index contributed by atoms with van der Waals surface area (Å²) in [4.78, 5) is 0.139. The van der Waals surface area contributed by atoms with Crippen LogP contribution < -0.4 is 4.72 Å². The fraction of sp³-hybridized carbons (Fsp3) is 0.400. The third kappa shape index (κ3) is 3.18. The number of sulfonamides is 1. The minimum atomic E-state index is -3.60. The zero-order chi connectivity index (χ0) is 12.3. The Bertz CT molecular complexity index is 471. The molecule has 0 saturated heterocycles. The summed E-state index contributed by atoms with van der Waals surface area (Å²) in [6.45, 7) is 3.13. The Morgan fingerprint density at radius 3 is 2.69 bits per heavy atom. The highest BCUT2D eigenvalue weighted by atomic mass is 35.5. The van der Waals surface area contributed by atoms with Gasteiger partial charge in [0.2, 0.25) is 10.0 Å². The molecule has 0 spiro atoms. The van der Waals surface area contributed by atoms with Gasteiger partial charge in [0.25, 0.3) is 0 Å². The van der Waals surface area contributed by atoms with E-state index >= 15 is 0 Å². The molecule has 0 aromatic heterocycles. The third-order valence-corrected chi connectivity index (χ3v) is 4.05. The highest BCUT2D eigenvalue weighted by molar-refractivity contribution is 7.89. The maximum absolute atomic E-state index is 11.8. The number of hydrogen-bond donors (Lipinski definition) is 2. The van der Waals surface area contributed by atoms with Crippen molar-refractivity contribution in [2.24, 2.45) is 0 Å². The second-order valence-electron chi connectivity index (χ2n) is 3.56. The molecule has 0 heterocycles. The highest BCUT2D eigenvalue weighted by Gasteiger charge is 2.17. The lowest BCUT2D eigenvalue weighted by molar-refractivity contribution is 0.198. The zero-order valence-corrected chi connectivity index (χ0v) is 10.6. The second kappa shape index (κ2) is 5.14. The van der Waals surface area contributed by atoms with Crippen molar-refractivity contribution in [1.82, 2.24) is 4.72 Å². The van der Waals surface area contributed by atoms with Crippen LogP contribution >= 0.6 is 11.6 Å². The van der Waals surface area contributed by atoms with E-state index in [0.29, 0.717) is 10.6 Å². The molecule has 2 N–H and O–H groups in total. The molecule has 0 radical (unpaired) electrons. The van der Waals surface area contributed by atoms with Crippen LogP contribution in [0.2, 0.25) is 5.02 Å². The normalized spacial score (nSPS) is 13.8. The molecule has 0 fully saturated rings. The summed E-state index contributed by atoms with van der Waals surface area (Å²) in [5.74, 6) is 0. The number of hydrogen-bond acceptors (Lipinski definition) is 3. The predicted molar refractivity (Wildman–Crippen MR) is 63.1 cm³/mol. The van der Waals surface area contributed by atoms with E-state index in [1.807, 2.05) is 0 Å². The molecular formula is C10H14ClNO3S. The van der Waals surface area contributed by atoms with Gasteiger partial charge in [0.1, 0.15) is 0 Å². The fourth-order valence-corrected chi connectivity index (χ4v) is 2.80. The molecule has 0 aliphatic carbocycles. The SMILES string of the molecule is Cc1c(Cl)cccc1S(=O)(=O)NC[C@@H](C)O. The summed E-state index contributed by atoms with van der Waals surface area (Å²) in [6.07, 6.45) is -0.728. The van der Waals surface area contributed by atoms with Gasteiger partial charge in [-0.05, 0) is 31.5 Å². The number of halogens is 1. The van der Waals surface area contributed by atoms with E-state index < -0.39 is 16.1 Å². The topological polar surface area (TPSA) is 66.4 Å². The second-order valence-corrected chi connectivity index (χ2v) is 5.71. The van der Waals surface area contributed by atoms with E-state index in [2.05, 4.69) is 4.72 Å². The monoisotopic (exact) mass is 263 g/mol. The number of nitrogens with one attached hydrogen (secondary N) is 1. The van der Waals surface area contributed by atoms with Gasteiger partial charge in [-0.3, -0.25) is 0 Å². The lowest BCUT2D eigenvalue weighted by Gasteiger charge is -2.11. The molecule has 90 valence electrons. The predicted octanol–water partition coefficient (Wildman–Crippen LogP) is 1.31. The molecule has 0 aliphatic heterocycles. The van der Waals surface area contributed by atoms with Gasteiger partial charge in [-0.2, -0.15) is 0 Å². The third-order valence-electron chi connectivity index (χ3n) is 2.08. The maximum Gasteiger partial charge on any atom is 0.240 e. The standard InChI is InChI=1S/C10H14ClNO3S/c1-7(13)6-12-16(14,15)10-5-3-4-9(11)8(10)2/h3-5,7,12-13H,6H2,1-2H3/t7-/m1/s1.